The smallest absolute Gasteiger partial charge is 0.0468 e. The van der Waals surface area contributed by atoms with Crippen LogP contribution in [0, 0.1) is 5.92 Å². The lowest BCUT2D eigenvalue weighted by Gasteiger charge is -2.46. The zero-order chi connectivity index (χ0) is 10.1. The number of rotatable bonds is 2. The van der Waals surface area contributed by atoms with Gasteiger partial charge in [-0.25, -0.2) is 0 Å². The summed E-state index contributed by atoms with van der Waals surface area (Å²) in [6, 6.07) is 6.37. The maximum absolute atomic E-state index is 4.59. The van der Waals surface area contributed by atoms with Crippen molar-refractivity contribution < 1.29 is 0 Å². The minimum absolute atomic E-state index is 0.421. The molecule has 80 valence electrons. The predicted octanol–water partition coefficient (Wildman–Crippen LogP) is 2.11. The van der Waals surface area contributed by atoms with Crippen molar-refractivity contribution in [1.29, 1.82) is 0 Å². The Labute approximate surface area is 91.1 Å². The summed E-state index contributed by atoms with van der Waals surface area (Å²) in [7, 11) is 0. The molecule has 1 saturated carbocycles. The molecule has 2 heteroatoms. The number of pyridine rings is 1. The molecule has 1 saturated heterocycles. The highest BCUT2D eigenvalue weighted by Crippen LogP contribution is 2.50. The van der Waals surface area contributed by atoms with Crippen LogP contribution in [0.3, 0.4) is 0 Å². The first-order valence-electron chi connectivity index (χ1n) is 6.04. The average Bonchev–Trinajstić information content (AvgIpc) is 2.72. The van der Waals surface area contributed by atoms with Gasteiger partial charge >= 0.3 is 0 Å². The topological polar surface area (TPSA) is 24.9 Å². The van der Waals surface area contributed by atoms with E-state index in [1.807, 2.05) is 12.3 Å². The number of nitrogens with one attached hydrogen (secondary N) is 1. The van der Waals surface area contributed by atoms with Gasteiger partial charge in [-0.1, -0.05) is 12.5 Å². The molecule has 2 aliphatic rings. The Hall–Kier alpha value is -0.890. The number of hydrogen-bond donors (Lipinski definition) is 1. The summed E-state index contributed by atoms with van der Waals surface area (Å²) in [4.78, 5) is 4.59. The summed E-state index contributed by atoms with van der Waals surface area (Å²) in [5, 5.41) is 3.49. The van der Waals surface area contributed by atoms with E-state index in [1.165, 1.54) is 44.5 Å². The Bertz CT molecular complexity index is 324. The SMILES string of the molecule is c1ccc(C2(C3CCNC3)CCC2)nc1. The molecule has 0 aromatic carbocycles. The van der Waals surface area contributed by atoms with Crippen LogP contribution in [0.15, 0.2) is 24.4 Å². The monoisotopic (exact) mass is 202 g/mol. The Balaban J connectivity index is 1.92. The molecule has 1 atom stereocenters. The molecule has 1 aromatic rings. The zero-order valence-electron chi connectivity index (χ0n) is 9.08. The highest BCUT2D eigenvalue weighted by Gasteiger charge is 2.46. The van der Waals surface area contributed by atoms with E-state index < -0.39 is 0 Å². The zero-order valence-corrected chi connectivity index (χ0v) is 9.08. The minimum Gasteiger partial charge on any atom is -0.316 e. The number of hydrogen-bond acceptors (Lipinski definition) is 2. The first-order valence-corrected chi connectivity index (χ1v) is 6.04. The summed E-state index contributed by atoms with van der Waals surface area (Å²) >= 11 is 0. The van der Waals surface area contributed by atoms with Crippen LogP contribution in [0.2, 0.25) is 0 Å². The summed E-state index contributed by atoms with van der Waals surface area (Å²) < 4.78 is 0. The maximum Gasteiger partial charge on any atom is 0.0468 e. The van der Waals surface area contributed by atoms with Gasteiger partial charge in [0, 0.05) is 17.3 Å². The van der Waals surface area contributed by atoms with Gasteiger partial charge < -0.3 is 5.32 Å². The van der Waals surface area contributed by atoms with E-state index in [4.69, 9.17) is 0 Å². The second-order valence-electron chi connectivity index (χ2n) is 4.91. The quantitative estimate of drug-likeness (QED) is 0.794. The van der Waals surface area contributed by atoms with Crippen molar-refractivity contribution in [2.24, 2.45) is 5.92 Å². The fourth-order valence-corrected chi connectivity index (χ4v) is 3.21. The average molecular weight is 202 g/mol. The molecule has 2 heterocycles. The van der Waals surface area contributed by atoms with Gasteiger partial charge in [-0.3, -0.25) is 4.98 Å². The van der Waals surface area contributed by atoms with E-state index in [0.717, 1.165) is 5.92 Å². The molecule has 1 N–H and O–H groups in total. The van der Waals surface area contributed by atoms with Crippen molar-refractivity contribution in [2.45, 2.75) is 31.1 Å². The van der Waals surface area contributed by atoms with Gasteiger partial charge in [0.15, 0.2) is 0 Å². The molecule has 0 radical (unpaired) electrons. The van der Waals surface area contributed by atoms with E-state index in [9.17, 15) is 0 Å². The van der Waals surface area contributed by atoms with Gasteiger partial charge in [-0.2, -0.15) is 0 Å². The Morgan fingerprint density at radius 1 is 1.33 bits per heavy atom. The van der Waals surface area contributed by atoms with Crippen molar-refractivity contribution in [3.05, 3.63) is 30.1 Å². The van der Waals surface area contributed by atoms with E-state index in [2.05, 4.69) is 22.4 Å². The molecule has 2 nitrogen and oxygen atoms in total. The lowest BCUT2D eigenvalue weighted by molar-refractivity contribution is 0.151. The van der Waals surface area contributed by atoms with Crippen LogP contribution in [-0.2, 0) is 5.41 Å². The standard InChI is InChI=1S/C13H18N2/c1-2-8-15-12(4-1)13(6-3-7-13)11-5-9-14-10-11/h1-2,4,8,11,14H,3,5-7,9-10H2. The third-order valence-electron chi connectivity index (χ3n) is 4.26. The van der Waals surface area contributed by atoms with Gasteiger partial charge in [0.1, 0.15) is 0 Å². The fourth-order valence-electron chi connectivity index (χ4n) is 3.21. The molecule has 1 aliphatic carbocycles. The molecule has 1 aromatic heterocycles. The molecule has 1 unspecified atom stereocenters. The third-order valence-corrected chi connectivity index (χ3v) is 4.26. The van der Waals surface area contributed by atoms with Crippen molar-refractivity contribution in [1.82, 2.24) is 10.3 Å². The van der Waals surface area contributed by atoms with E-state index in [0.29, 0.717) is 5.41 Å². The molecular formula is C13H18N2. The van der Waals surface area contributed by atoms with Crippen molar-refractivity contribution in [2.75, 3.05) is 13.1 Å². The lowest BCUT2D eigenvalue weighted by Crippen LogP contribution is -2.43. The van der Waals surface area contributed by atoms with Crippen molar-refractivity contribution in [3.63, 3.8) is 0 Å². The molecule has 0 bridgehead atoms. The first kappa shape index (κ1) is 9.34. The molecule has 2 fully saturated rings. The predicted molar refractivity (Wildman–Crippen MR) is 60.7 cm³/mol. The van der Waals surface area contributed by atoms with Gasteiger partial charge in [0.25, 0.3) is 0 Å². The van der Waals surface area contributed by atoms with Gasteiger partial charge in [0.05, 0.1) is 0 Å². The largest absolute Gasteiger partial charge is 0.316 e. The number of nitrogens with zero attached hydrogens (tertiary/aromatic N) is 1. The van der Waals surface area contributed by atoms with Crippen LogP contribution in [0.5, 0.6) is 0 Å². The molecular weight excluding hydrogens is 184 g/mol. The summed E-state index contributed by atoms with van der Waals surface area (Å²) in [6.45, 7) is 2.38. The number of aromatic nitrogens is 1. The maximum atomic E-state index is 4.59. The molecule has 3 rings (SSSR count). The molecule has 15 heavy (non-hydrogen) atoms. The van der Waals surface area contributed by atoms with E-state index >= 15 is 0 Å². The molecule has 0 amide bonds. The van der Waals surface area contributed by atoms with Crippen LogP contribution < -0.4 is 5.32 Å². The summed E-state index contributed by atoms with van der Waals surface area (Å²) in [6.07, 6.45) is 7.34. The minimum atomic E-state index is 0.421. The normalized spacial score (nSPS) is 28.7. The van der Waals surface area contributed by atoms with Crippen LogP contribution in [0.1, 0.15) is 31.4 Å². The van der Waals surface area contributed by atoms with E-state index in [-0.39, 0.29) is 0 Å². The van der Waals surface area contributed by atoms with Gasteiger partial charge in [-0.15, -0.1) is 0 Å². The second kappa shape index (κ2) is 3.60. The van der Waals surface area contributed by atoms with Crippen LogP contribution in [0.25, 0.3) is 0 Å². The fraction of sp³-hybridized carbons (Fsp3) is 0.615. The molecule has 1 aliphatic heterocycles. The Morgan fingerprint density at radius 2 is 2.27 bits per heavy atom. The van der Waals surface area contributed by atoms with Crippen molar-refractivity contribution in [3.8, 4) is 0 Å². The van der Waals surface area contributed by atoms with Gasteiger partial charge in [0.2, 0.25) is 0 Å². The van der Waals surface area contributed by atoms with Crippen LogP contribution in [-0.4, -0.2) is 18.1 Å². The van der Waals surface area contributed by atoms with Crippen molar-refractivity contribution >= 4 is 0 Å². The summed E-state index contributed by atoms with van der Waals surface area (Å²) in [5.74, 6) is 0.821. The van der Waals surface area contributed by atoms with Gasteiger partial charge in [-0.05, 0) is 50.4 Å². The Morgan fingerprint density at radius 3 is 2.80 bits per heavy atom. The highest BCUT2D eigenvalue weighted by molar-refractivity contribution is 5.23. The second-order valence-corrected chi connectivity index (χ2v) is 4.91. The lowest BCUT2D eigenvalue weighted by atomic mass is 9.59. The van der Waals surface area contributed by atoms with Crippen LogP contribution in [0.4, 0.5) is 0 Å². The highest BCUT2D eigenvalue weighted by atomic mass is 14.9. The van der Waals surface area contributed by atoms with E-state index in [1.54, 1.807) is 0 Å². The summed E-state index contributed by atoms with van der Waals surface area (Å²) in [5.41, 5.74) is 1.76. The first-order chi connectivity index (χ1) is 7.42. The Kier molecular flexibility index (Phi) is 2.24. The molecule has 0 spiro atoms. The van der Waals surface area contributed by atoms with Crippen LogP contribution >= 0.6 is 0 Å². The third kappa shape index (κ3) is 1.39.